The molecule has 0 bridgehead atoms. The normalized spacial score (nSPS) is 15.6. The van der Waals surface area contributed by atoms with Gasteiger partial charge in [-0.05, 0) is 43.2 Å². The van der Waals surface area contributed by atoms with E-state index in [9.17, 15) is 8.42 Å². The van der Waals surface area contributed by atoms with E-state index in [0.29, 0.717) is 17.7 Å². The van der Waals surface area contributed by atoms with Gasteiger partial charge in [-0.3, -0.25) is 0 Å². The van der Waals surface area contributed by atoms with Crippen LogP contribution >= 0.6 is 0 Å². The van der Waals surface area contributed by atoms with Gasteiger partial charge in [0.15, 0.2) is 5.82 Å². The first-order valence-corrected chi connectivity index (χ1v) is 10.9. The Hall–Kier alpha value is -2.65. The summed E-state index contributed by atoms with van der Waals surface area (Å²) in [5.74, 6) is 1.27. The number of sulfonamides is 1. The summed E-state index contributed by atoms with van der Waals surface area (Å²) in [7, 11) is -1.73. The maximum atomic E-state index is 11.4. The maximum Gasteiger partial charge on any atom is 0.238 e. The highest BCUT2D eigenvalue weighted by Gasteiger charge is 2.18. The number of anilines is 3. The number of aromatic nitrogens is 3. The van der Waals surface area contributed by atoms with Gasteiger partial charge in [-0.15, -0.1) is 0 Å². The van der Waals surface area contributed by atoms with E-state index in [1.165, 1.54) is 31.4 Å². The van der Waals surface area contributed by atoms with Crippen LogP contribution in [-0.2, 0) is 17.1 Å². The van der Waals surface area contributed by atoms with Crippen LogP contribution in [0.15, 0.2) is 41.4 Å². The second-order valence-corrected chi connectivity index (χ2v) is 8.79. The van der Waals surface area contributed by atoms with Gasteiger partial charge in [-0.2, -0.15) is 4.98 Å². The van der Waals surface area contributed by atoms with Crippen LogP contribution in [-0.4, -0.2) is 29.0 Å². The van der Waals surface area contributed by atoms with Crippen LogP contribution in [0, 0.1) is 0 Å². The van der Waals surface area contributed by atoms with Gasteiger partial charge in [0.25, 0.3) is 0 Å². The fraction of sp³-hybridized carbons (Fsp3) is 0.368. The topological polar surface area (TPSA) is 115 Å². The van der Waals surface area contributed by atoms with Gasteiger partial charge in [0.1, 0.15) is 5.52 Å². The molecule has 148 valence electrons. The number of fused-ring (bicyclic) bond motifs is 1. The molecule has 1 fully saturated rings. The Bertz CT molecular complexity index is 1090. The molecular weight excluding hydrogens is 376 g/mol. The van der Waals surface area contributed by atoms with E-state index in [1.807, 2.05) is 23.9 Å². The van der Waals surface area contributed by atoms with Crippen LogP contribution in [0.4, 0.5) is 17.5 Å². The summed E-state index contributed by atoms with van der Waals surface area (Å²) < 4.78 is 24.8. The van der Waals surface area contributed by atoms with Gasteiger partial charge in [0.05, 0.1) is 10.4 Å². The van der Waals surface area contributed by atoms with Crippen LogP contribution in [0.5, 0.6) is 0 Å². The van der Waals surface area contributed by atoms with E-state index in [-0.39, 0.29) is 4.90 Å². The number of nitrogens with one attached hydrogen (secondary N) is 2. The molecule has 0 aliphatic heterocycles. The molecule has 0 amide bonds. The van der Waals surface area contributed by atoms with E-state index < -0.39 is 10.0 Å². The van der Waals surface area contributed by atoms with Crippen molar-refractivity contribution in [2.45, 2.75) is 43.0 Å². The molecule has 1 saturated carbocycles. The Morgan fingerprint density at radius 2 is 1.79 bits per heavy atom. The van der Waals surface area contributed by atoms with Crippen molar-refractivity contribution in [3.63, 3.8) is 0 Å². The molecule has 4 N–H and O–H groups in total. The number of primary sulfonamides is 1. The molecule has 0 unspecified atom stereocenters. The summed E-state index contributed by atoms with van der Waals surface area (Å²) in [6.45, 7) is 0. The van der Waals surface area contributed by atoms with Crippen molar-refractivity contribution in [2.24, 2.45) is 12.2 Å². The molecule has 0 saturated heterocycles. The van der Waals surface area contributed by atoms with Crippen molar-refractivity contribution < 1.29 is 8.42 Å². The van der Waals surface area contributed by atoms with Crippen molar-refractivity contribution in [3.05, 3.63) is 36.5 Å². The van der Waals surface area contributed by atoms with Gasteiger partial charge < -0.3 is 15.2 Å². The van der Waals surface area contributed by atoms with E-state index in [4.69, 9.17) is 10.1 Å². The summed E-state index contributed by atoms with van der Waals surface area (Å²) in [6, 6.07) is 8.58. The largest absolute Gasteiger partial charge is 0.365 e. The summed E-state index contributed by atoms with van der Waals surface area (Å²) in [5, 5.41) is 11.9. The Morgan fingerprint density at radius 3 is 2.46 bits per heavy atom. The van der Waals surface area contributed by atoms with Crippen LogP contribution < -0.4 is 15.8 Å². The Morgan fingerprint density at radius 1 is 1.07 bits per heavy atom. The average molecular weight is 401 g/mol. The molecule has 3 aromatic rings. The van der Waals surface area contributed by atoms with E-state index >= 15 is 0 Å². The molecule has 2 heterocycles. The van der Waals surface area contributed by atoms with Crippen molar-refractivity contribution in [1.29, 1.82) is 0 Å². The molecule has 1 aromatic carbocycles. The SMILES string of the molecule is Cn1ccc2nc(Nc3ccc(S(N)(=O)=O)cc3)nc(NC3CCCCC3)c21. The zero-order valence-electron chi connectivity index (χ0n) is 15.7. The number of aryl methyl sites for hydroxylation is 1. The molecular formula is C19H24N6O2S. The summed E-state index contributed by atoms with van der Waals surface area (Å²) >= 11 is 0. The number of hydrogen-bond acceptors (Lipinski definition) is 6. The quantitative estimate of drug-likeness (QED) is 0.606. The lowest BCUT2D eigenvalue weighted by Gasteiger charge is -2.24. The minimum absolute atomic E-state index is 0.0668. The lowest BCUT2D eigenvalue weighted by Crippen LogP contribution is -2.23. The fourth-order valence-corrected chi connectivity index (χ4v) is 4.16. The zero-order chi connectivity index (χ0) is 19.7. The van der Waals surface area contributed by atoms with Gasteiger partial charge in [-0.1, -0.05) is 19.3 Å². The molecule has 4 rings (SSSR count). The molecule has 0 atom stereocenters. The van der Waals surface area contributed by atoms with E-state index in [0.717, 1.165) is 29.7 Å². The van der Waals surface area contributed by atoms with Gasteiger partial charge in [-0.25, -0.2) is 18.5 Å². The number of hydrogen-bond donors (Lipinski definition) is 3. The third-order valence-corrected chi connectivity index (χ3v) is 6.03. The van der Waals surface area contributed by atoms with Crippen LogP contribution in [0.1, 0.15) is 32.1 Å². The second-order valence-electron chi connectivity index (χ2n) is 7.23. The fourth-order valence-electron chi connectivity index (χ4n) is 3.65. The maximum absolute atomic E-state index is 11.4. The number of nitrogens with two attached hydrogens (primary N) is 1. The van der Waals surface area contributed by atoms with Crippen molar-refractivity contribution in [2.75, 3.05) is 10.6 Å². The lowest BCUT2D eigenvalue weighted by molar-refractivity contribution is 0.462. The van der Waals surface area contributed by atoms with Crippen LogP contribution in [0.3, 0.4) is 0 Å². The van der Waals surface area contributed by atoms with E-state index in [2.05, 4.69) is 15.6 Å². The minimum Gasteiger partial charge on any atom is -0.365 e. The number of benzene rings is 1. The molecule has 8 nitrogen and oxygen atoms in total. The monoisotopic (exact) mass is 400 g/mol. The van der Waals surface area contributed by atoms with Crippen LogP contribution in [0.2, 0.25) is 0 Å². The third-order valence-electron chi connectivity index (χ3n) is 5.10. The lowest BCUT2D eigenvalue weighted by atomic mass is 9.95. The highest BCUT2D eigenvalue weighted by Crippen LogP contribution is 2.28. The van der Waals surface area contributed by atoms with Crippen molar-refractivity contribution in [3.8, 4) is 0 Å². The number of rotatable bonds is 5. The Balaban J connectivity index is 1.63. The molecule has 0 spiro atoms. The standard InChI is InChI=1S/C19H24N6O2S/c1-25-12-11-16-17(25)18(21-13-5-3-2-4-6-13)24-19(23-16)22-14-7-9-15(10-8-14)28(20,26)27/h7-13H,2-6H2,1H3,(H2,20,26,27)(H2,21,22,23,24). The first-order valence-electron chi connectivity index (χ1n) is 9.40. The van der Waals surface area contributed by atoms with E-state index in [1.54, 1.807) is 12.1 Å². The predicted octanol–water partition coefficient (Wildman–Crippen LogP) is 3.10. The van der Waals surface area contributed by atoms with Crippen molar-refractivity contribution >= 4 is 38.5 Å². The van der Waals surface area contributed by atoms with Crippen LogP contribution in [0.25, 0.3) is 11.0 Å². The summed E-state index contributed by atoms with van der Waals surface area (Å²) in [6.07, 6.45) is 8.03. The molecule has 0 radical (unpaired) electrons. The first-order chi connectivity index (χ1) is 13.4. The van der Waals surface area contributed by atoms with Gasteiger partial charge in [0.2, 0.25) is 16.0 Å². The predicted molar refractivity (Wildman–Crippen MR) is 110 cm³/mol. The third kappa shape index (κ3) is 3.95. The van der Waals surface area contributed by atoms with Gasteiger partial charge >= 0.3 is 0 Å². The molecule has 28 heavy (non-hydrogen) atoms. The minimum atomic E-state index is -3.71. The molecule has 9 heteroatoms. The second kappa shape index (κ2) is 7.40. The van der Waals surface area contributed by atoms with Crippen molar-refractivity contribution in [1.82, 2.24) is 14.5 Å². The molecule has 2 aromatic heterocycles. The zero-order valence-corrected chi connectivity index (χ0v) is 16.5. The smallest absolute Gasteiger partial charge is 0.238 e. The highest BCUT2D eigenvalue weighted by atomic mass is 32.2. The average Bonchev–Trinajstić information content (AvgIpc) is 3.03. The number of nitrogens with zero attached hydrogens (tertiary/aromatic N) is 3. The Kier molecular flexibility index (Phi) is 4.94. The van der Waals surface area contributed by atoms with Gasteiger partial charge in [0, 0.05) is 25.0 Å². The Labute approximate surface area is 164 Å². The molecule has 1 aliphatic rings. The highest BCUT2D eigenvalue weighted by molar-refractivity contribution is 7.89. The summed E-state index contributed by atoms with van der Waals surface area (Å²) in [4.78, 5) is 9.35. The first kappa shape index (κ1) is 18.7. The molecule has 1 aliphatic carbocycles. The summed E-state index contributed by atoms with van der Waals surface area (Å²) in [5.41, 5.74) is 2.51.